The molecule has 2 saturated heterocycles. The Morgan fingerprint density at radius 2 is 1.72 bits per heavy atom. The van der Waals surface area contributed by atoms with Crippen LogP contribution in [0.25, 0.3) is 0 Å². The summed E-state index contributed by atoms with van der Waals surface area (Å²) in [5, 5.41) is 3.83. The van der Waals surface area contributed by atoms with E-state index in [9.17, 15) is 4.79 Å². The van der Waals surface area contributed by atoms with Gasteiger partial charge in [-0.1, -0.05) is 35.5 Å². The van der Waals surface area contributed by atoms with Crippen molar-refractivity contribution in [2.24, 2.45) is 5.92 Å². The smallest absolute Gasteiger partial charge is 0.230 e. The maximum atomic E-state index is 12.4. The average Bonchev–Trinajstić information content (AvgIpc) is 3.15. The molecule has 2 fully saturated rings. The molecule has 2 aliphatic heterocycles. The van der Waals surface area contributed by atoms with Gasteiger partial charge in [-0.2, -0.15) is 4.98 Å². The van der Waals surface area contributed by atoms with E-state index in [0.717, 1.165) is 65.2 Å². The molecule has 3 heterocycles. The first-order valence-electron chi connectivity index (χ1n) is 10.7. The number of aromatic nitrogens is 2. The number of rotatable bonds is 6. The number of piperidine rings is 1. The zero-order chi connectivity index (χ0) is 20.1. The minimum Gasteiger partial charge on any atom is -0.342 e. The molecule has 0 aliphatic carbocycles. The van der Waals surface area contributed by atoms with Crippen molar-refractivity contribution in [1.82, 2.24) is 24.8 Å². The highest BCUT2D eigenvalue weighted by Crippen LogP contribution is 2.20. The number of aryl methyl sites for hydroxylation is 1. The van der Waals surface area contributed by atoms with Gasteiger partial charge >= 0.3 is 0 Å². The van der Waals surface area contributed by atoms with Gasteiger partial charge in [-0.25, -0.2) is 0 Å². The monoisotopic (exact) mass is 397 g/mol. The molecule has 2 aromatic rings. The van der Waals surface area contributed by atoms with E-state index in [-0.39, 0.29) is 12.3 Å². The van der Waals surface area contributed by atoms with Gasteiger partial charge in [-0.15, -0.1) is 0 Å². The lowest BCUT2D eigenvalue weighted by molar-refractivity contribution is -0.132. The Morgan fingerprint density at radius 1 is 1.03 bits per heavy atom. The average molecular weight is 398 g/mol. The third-order valence-corrected chi connectivity index (χ3v) is 6.08. The van der Waals surface area contributed by atoms with E-state index in [4.69, 9.17) is 4.52 Å². The van der Waals surface area contributed by atoms with E-state index < -0.39 is 0 Å². The summed E-state index contributed by atoms with van der Waals surface area (Å²) in [4.78, 5) is 23.7. The van der Waals surface area contributed by atoms with Gasteiger partial charge in [0, 0.05) is 59.3 Å². The summed E-state index contributed by atoms with van der Waals surface area (Å²) < 4.78 is 4.95. The molecule has 1 amide bonds. The molecule has 0 N–H and O–H groups in total. The third kappa shape index (κ3) is 5.64. The van der Waals surface area contributed by atoms with Crippen molar-refractivity contribution in [3.05, 3.63) is 47.6 Å². The first kappa shape index (κ1) is 20.0. The number of likely N-dealkylation sites (tertiary alicyclic amines) is 1. The summed E-state index contributed by atoms with van der Waals surface area (Å²) in [5.74, 6) is 1.80. The maximum absolute atomic E-state index is 12.4. The normalized spacial score (nSPS) is 19.6. The van der Waals surface area contributed by atoms with Crippen LogP contribution in [0.4, 0.5) is 0 Å². The van der Waals surface area contributed by atoms with Gasteiger partial charge in [0.05, 0.1) is 6.42 Å². The topological polar surface area (TPSA) is 65.7 Å². The van der Waals surface area contributed by atoms with E-state index in [2.05, 4.69) is 50.3 Å². The van der Waals surface area contributed by atoms with Crippen molar-refractivity contribution in [2.45, 2.75) is 32.7 Å². The van der Waals surface area contributed by atoms with Crippen molar-refractivity contribution in [1.29, 1.82) is 0 Å². The zero-order valence-corrected chi connectivity index (χ0v) is 17.3. The molecule has 7 nitrogen and oxygen atoms in total. The van der Waals surface area contributed by atoms with E-state index in [1.165, 1.54) is 5.56 Å². The van der Waals surface area contributed by atoms with Crippen LogP contribution in [0.1, 0.15) is 30.1 Å². The van der Waals surface area contributed by atoms with Crippen LogP contribution in [-0.2, 0) is 17.8 Å². The molecule has 4 rings (SSSR count). The lowest BCUT2D eigenvalue weighted by Gasteiger charge is -2.39. The Morgan fingerprint density at radius 3 is 2.38 bits per heavy atom. The molecule has 156 valence electrons. The van der Waals surface area contributed by atoms with Crippen LogP contribution in [0.5, 0.6) is 0 Å². The Labute approximate surface area is 172 Å². The number of benzene rings is 1. The SMILES string of the molecule is Cc1nc(CC(=O)N2CCC(CN3CCN(Cc4ccccc4)CC3)CC2)no1. The van der Waals surface area contributed by atoms with Crippen LogP contribution < -0.4 is 0 Å². The van der Waals surface area contributed by atoms with Crippen molar-refractivity contribution in [3.63, 3.8) is 0 Å². The second-order valence-corrected chi connectivity index (χ2v) is 8.29. The fourth-order valence-corrected chi connectivity index (χ4v) is 4.36. The molecule has 0 bridgehead atoms. The van der Waals surface area contributed by atoms with Gasteiger partial charge in [-0.3, -0.25) is 9.69 Å². The number of piperazine rings is 1. The molecule has 0 atom stereocenters. The molecule has 1 aromatic carbocycles. The summed E-state index contributed by atoms with van der Waals surface area (Å²) in [6.45, 7) is 10.2. The summed E-state index contributed by atoms with van der Waals surface area (Å²) >= 11 is 0. The maximum Gasteiger partial charge on any atom is 0.230 e. The number of carbonyl (C=O) groups excluding carboxylic acids is 1. The fraction of sp³-hybridized carbons (Fsp3) is 0.591. The molecule has 1 aromatic heterocycles. The van der Waals surface area contributed by atoms with Crippen molar-refractivity contribution >= 4 is 5.91 Å². The highest BCUT2D eigenvalue weighted by molar-refractivity contribution is 5.78. The predicted octanol–water partition coefficient (Wildman–Crippen LogP) is 1.98. The highest BCUT2D eigenvalue weighted by atomic mass is 16.5. The number of hydrogen-bond acceptors (Lipinski definition) is 6. The number of amides is 1. The molecule has 0 saturated carbocycles. The van der Waals surface area contributed by atoms with Crippen LogP contribution in [0.15, 0.2) is 34.9 Å². The first-order valence-corrected chi connectivity index (χ1v) is 10.7. The molecular weight excluding hydrogens is 366 g/mol. The molecule has 0 spiro atoms. The second kappa shape index (κ2) is 9.50. The summed E-state index contributed by atoms with van der Waals surface area (Å²) in [7, 11) is 0. The predicted molar refractivity (Wildman–Crippen MR) is 110 cm³/mol. The number of carbonyl (C=O) groups is 1. The quantitative estimate of drug-likeness (QED) is 0.743. The summed E-state index contributed by atoms with van der Waals surface area (Å²) in [6.07, 6.45) is 2.41. The Hall–Kier alpha value is -2.25. The van der Waals surface area contributed by atoms with Crippen molar-refractivity contribution < 1.29 is 9.32 Å². The first-order chi connectivity index (χ1) is 14.2. The van der Waals surface area contributed by atoms with Crippen LogP contribution in [0.2, 0.25) is 0 Å². The lowest BCUT2D eigenvalue weighted by Crippen LogP contribution is -2.48. The van der Waals surface area contributed by atoms with Gasteiger partial charge in [0.1, 0.15) is 0 Å². The van der Waals surface area contributed by atoms with Crippen LogP contribution >= 0.6 is 0 Å². The second-order valence-electron chi connectivity index (χ2n) is 8.29. The molecule has 7 heteroatoms. The van der Waals surface area contributed by atoms with Gasteiger partial charge < -0.3 is 14.3 Å². The van der Waals surface area contributed by atoms with E-state index in [1.54, 1.807) is 6.92 Å². The highest BCUT2D eigenvalue weighted by Gasteiger charge is 2.26. The van der Waals surface area contributed by atoms with E-state index in [1.807, 2.05) is 4.90 Å². The van der Waals surface area contributed by atoms with Gasteiger partial charge in [0.15, 0.2) is 5.82 Å². The van der Waals surface area contributed by atoms with Crippen molar-refractivity contribution in [2.75, 3.05) is 45.8 Å². The molecule has 0 radical (unpaired) electrons. The van der Waals surface area contributed by atoms with Gasteiger partial charge in [0.2, 0.25) is 11.8 Å². The Balaban J connectivity index is 1.15. The molecular formula is C22H31N5O2. The summed E-state index contributed by atoms with van der Waals surface area (Å²) in [5.41, 5.74) is 1.40. The van der Waals surface area contributed by atoms with Crippen LogP contribution in [0, 0.1) is 12.8 Å². The molecule has 29 heavy (non-hydrogen) atoms. The molecule has 2 aliphatic rings. The number of nitrogens with zero attached hydrogens (tertiary/aromatic N) is 5. The van der Waals surface area contributed by atoms with Gasteiger partial charge in [-0.05, 0) is 24.3 Å². The van der Waals surface area contributed by atoms with E-state index >= 15 is 0 Å². The largest absolute Gasteiger partial charge is 0.342 e. The summed E-state index contributed by atoms with van der Waals surface area (Å²) in [6, 6.07) is 10.7. The van der Waals surface area contributed by atoms with E-state index in [0.29, 0.717) is 17.6 Å². The zero-order valence-electron chi connectivity index (χ0n) is 17.3. The van der Waals surface area contributed by atoms with Crippen molar-refractivity contribution in [3.8, 4) is 0 Å². The Kier molecular flexibility index (Phi) is 6.56. The minimum absolute atomic E-state index is 0.110. The molecule has 0 unspecified atom stereocenters. The minimum atomic E-state index is 0.110. The van der Waals surface area contributed by atoms with Crippen LogP contribution in [0.3, 0.4) is 0 Å². The number of hydrogen-bond donors (Lipinski definition) is 0. The third-order valence-electron chi connectivity index (χ3n) is 6.08. The fourth-order valence-electron chi connectivity index (χ4n) is 4.36. The standard InChI is InChI=1S/C22H31N5O2/c1-18-23-21(24-29-18)15-22(28)27-9-7-20(8-10-27)17-26-13-11-25(12-14-26)16-19-5-3-2-4-6-19/h2-6,20H,7-17H2,1H3. The Bertz CT molecular complexity index is 778. The van der Waals surface area contributed by atoms with Gasteiger partial charge in [0.25, 0.3) is 0 Å². The lowest BCUT2D eigenvalue weighted by atomic mass is 9.95. The van der Waals surface area contributed by atoms with Crippen LogP contribution in [-0.4, -0.2) is 76.6 Å².